The second kappa shape index (κ2) is 13.2. The fourth-order valence-electron chi connectivity index (χ4n) is 16.3. The van der Waals surface area contributed by atoms with Crippen molar-refractivity contribution in [3.05, 3.63) is 0 Å². The standard InChI is InChI=1S/C46H76N2O6S/c1-29(48-24-26-55(52,53)27-25-48)15-23-47-46-18-12-30(42(6)19-20-42)37(46)31-10-11-35-43(7)16-14-36(54-39(51)33-28-32(38(49)50)40(33,2)3)41(4,5)34(43)13-17-45(35,9)44(31,8)21-22-46/h29-37,47H,10-28H2,1-9H3,(H,49,50)/t29?,30-,31-,32+,33-,34+,35-,36+,37-,43+,44-,45-,46+/m1/s1. The molecule has 1 unspecified atom stereocenters. The monoisotopic (exact) mass is 785 g/mol. The van der Waals surface area contributed by atoms with Crippen LogP contribution in [0.4, 0.5) is 0 Å². The Morgan fingerprint density at radius 1 is 0.764 bits per heavy atom. The topological polar surface area (TPSA) is 113 Å². The van der Waals surface area contributed by atoms with Gasteiger partial charge in [-0.05, 0) is 160 Å². The number of carboxylic acid groups (broad SMARTS) is 1. The maximum atomic E-state index is 13.7. The van der Waals surface area contributed by atoms with Gasteiger partial charge in [-0.25, -0.2) is 8.42 Å². The molecule has 8 fully saturated rings. The van der Waals surface area contributed by atoms with Gasteiger partial charge in [-0.2, -0.15) is 0 Å². The van der Waals surface area contributed by atoms with E-state index in [1.807, 2.05) is 13.8 Å². The predicted molar refractivity (Wildman–Crippen MR) is 217 cm³/mol. The number of carbonyl (C=O) groups is 2. The molecule has 2 N–H and O–H groups in total. The molecule has 8 nitrogen and oxygen atoms in total. The molecule has 0 radical (unpaired) electrons. The molecule has 9 heteroatoms. The van der Waals surface area contributed by atoms with E-state index in [-0.39, 0.29) is 39.8 Å². The Labute approximate surface area is 333 Å². The van der Waals surface area contributed by atoms with Crippen molar-refractivity contribution >= 4 is 21.8 Å². The average molecular weight is 785 g/mol. The summed E-state index contributed by atoms with van der Waals surface area (Å²) in [6.07, 6.45) is 16.5. The molecular weight excluding hydrogens is 709 g/mol. The average Bonchev–Trinajstić information content (AvgIpc) is 3.72. The zero-order valence-electron chi connectivity index (χ0n) is 36.0. The second-order valence-electron chi connectivity index (χ2n) is 23.2. The number of nitrogens with one attached hydrogen (secondary N) is 1. The molecule has 0 aromatic rings. The van der Waals surface area contributed by atoms with Crippen LogP contribution in [-0.4, -0.2) is 79.2 Å². The lowest BCUT2D eigenvalue weighted by molar-refractivity contribution is -0.249. The summed E-state index contributed by atoms with van der Waals surface area (Å²) in [6.45, 7) is 24.0. The molecular formula is C46H76N2O6S. The third-order valence-corrected chi connectivity index (χ3v) is 22.1. The molecule has 13 atom stereocenters. The first-order chi connectivity index (χ1) is 25.5. The van der Waals surface area contributed by atoms with E-state index in [0.29, 0.717) is 59.7 Å². The largest absolute Gasteiger partial charge is 0.481 e. The minimum Gasteiger partial charge on any atom is -0.481 e. The number of fused-ring (bicyclic) bond motifs is 7. The molecule has 0 aromatic heterocycles. The van der Waals surface area contributed by atoms with E-state index < -0.39 is 27.1 Å². The Morgan fingerprint density at radius 3 is 2.09 bits per heavy atom. The Bertz CT molecular complexity index is 1640. The normalized spacial score (nSPS) is 48.2. The Kier molecular flexibility index (Phi) is 9.71. The summed E-state index contributed by atoms with van der Waals surface area (Å²) >= 11 is 0. The molecule has 1 saturated heterocycles. The highest BCUT2D eigenvalue weighted by molar-refractivity contribution is 7.91. The van der Waals surface area contributed by atoms with E-state index >= 15 is 0 Å². The molecule has 0 bridgehead atoms. The first kappa shape index (κ1) is 40.6. The molecule has 1 aliphatic heterocycles. The number of carbonyl (C=O) groups excluding carboxylic acids is 1. The van der Waals surface area contributed by atoms with Gasteiger partial charge in [0, 0.05) is 30.1 Å². The molecule has 7 aliphatic carbocycles. The highest BCUT2D eigenvalue weighted by Crippen LogP contribution is 2.78. The van der Waals surface area contributed by atoms with Crippen LogP contribution in [0.3, 0.4) is 0 Å². The predicted octanol–water partition coefficient (Wildman–Crippen LogP) is 8.38. The van der Waals surface area contributed by atoms with Crippen molar-refractivity contribution in [2.24, 2.45) is 73.9 Å². The molecule has 8 aliphatic rings. The first-order valence-electron chi connectivity index (χ1n) is 22.7. The quantitative estimate of drug-likeness (QED) is 0.225. The van der Waals surface area contributed by atoms with Crippen LogP contribution in [0.25, 0.3) is 0 Å². The van der Waals surface area contributed by atoms with E-state index in [1.165, 1.54) is 64.2 Å². The van der Waals surface area contributed by atoms with Gasteiger partial charge in [-0.1, -0.05) is 55.4 Å². The van der Waals surface area contributed by atoms with E-state index in [2.05, 4.69) is 58.7 Å². The molecule has 55 heavy (non-hydrogen) atoms. The maximum Gasteiger partial charge on any atom is 0.309 e. The zero-order valence-corrected chi connectivity index (χ0v) is 36.8. The number of nitrogens with zero attached hydrogens (tertiary/aromatic N) is 1. The van der Waals surface area contributed by atoms with Gasteiger partial charge in [0.15, 0.2) is 9.84 Å². The number of aliphatic carboxylic acids is 1. The smallest absolute Gasteiger partial charge is 0.309 e. The third-order valence-electron chi connectivity index (χ3n) is 20.5. The second-order valence-corrected chi connectivity index (χ2v) is 25.5. The van der Waals surface area contributed by atoms with E-state index in [0.717, 1.165) is 43.6 Å². The van der Waals surface area contributed by atoms with Crippen LogP contribution in [0.2, 0.25) is 0 Å². The molecule has 0 amide bonds. The summed E-state index contributed by atoms with van der Waals surface area (Å²) < 4.78 is 30.7. The van der Waals surface area contributed by atoms with E-state index in [1.54, 1.807) is 0 Å². The first-order valence-corrected chi connectivity index (χ1v) is 24.5. The lowest BCUT2D eigenvalue weighted by atomic mass is 9.32. The highest BCUT2D eigenvalue weighted by atomic mass is 32.2. The lowest BCUT2D eigenvalue weighted by Crippen LogP contribution is -2.69. The van der Waals surface area contributed by atoms with E-state index in [9.17, 15) is 23.1 Å². The van der Waals surface area contributed by atoms with Crippen molar-refractivity contribution in [1.82, 2.24) is 10.2 Å². The van der Waals surface area contributed by atoms with Crippen LogP contribution < -0.4 is 5.32 Å². The number of hydrogen-bond acceptors (Lipinski definition) is 7. The Balaban J connectivity index is 0.990. The van der Waals surface area contributed by atoms with Gasteiger partial charge in [0.1, 0.15) is 6.10 Å². The van der Waals surface area contributed by atoms with Crippen molar-refractivity contribution in [2.75, 3.05) is 31.1 Å². The van der Waals surface area contributed by atoms with Crippen molar-refractivity contribution in [3.8, 4) is 0 Å². The van der Waals surface area contributed by atoms with E-state index in [4.69, 9.17) is 4.74 Å². The third kappa shape index (κ3) is 6.07. The molecule has 1 heterocycles. The Morgan fingerprint density at radius 2 is 1.45 bits per heavy atom. The van der Waals surface area contributed by atoms with Crippen molar-refractivity contribution in [2.45, 2.75) is 170 Å². The van der Waals surface area contributed by atoms with Crippen LogP contribution in [0.5, 0.6) is 0 Å². The van der Waals surface area contributed by atoms with Gasteiger partial charge in [0.2, 0.25) is 0 Å². The SMILES string of the molecule is CC(CCN[C@]12CC[C@@H](C3(C)CC3)[C@@H]1[C@H]1CC[C@@H]3[C@@]4(C)CC[C@H](OC(=O)[C@H]5C[C@@H](C(=O)O)C5(C)C)C(C)(C)[C@@H]4CC[C@@]3(C)[C@]1(C)CC2)N1CCS(=O)(=O)CC1. The number of hydrogen-bond donors (Lipinski definition) is 2. The fourth-order valence-corrected chi connectivity index (χ4v) is 17.5. The summed E-state index contributed by atoms with van der Waals surface area (Å²) in [5, 5.41) is 14.0. The molecule has 0 aromatic carbocycles. The van der Waals surface area contributed by atoms with Gasteiger partial charge in [-0.3, -0.25) is 14.5 Å². The van der Waals surface area contributed by atoms with Crippen LogP contribution in [0, 0.1) is 73.9 Å². The van der Waals surface area contributed by atoms with Crippen molar-refractivity contribution < 1.29 is 27.9 Å². The number of ether oxygens (including phenoxy) is 1. The summed E-state index contributed by atoms with van der Waals surface area (Å²) in [5.41, 5.74) is 0.788. The molecule has 0 spiro atoms. The molecule has 8 rings (SSSR count). The van der Waals surface area contributed by atoms with Gasteiger partial charge >= 0.3 is 11.9 Å². The van der Waals surface area contributed by atoms with Crippen LogP contribution in [-0.2, 0) is 24.2 Å². The number of rotatable bonds is 9. The number of sulfone groups is 1. The lowest BCUT2D eigenvalue weighted by Gasteiger charge is -2.73. The summed E-state index contributed by atoms with van der Waals surface area (Å²) in [4.78, 5) is 27.9. The summed E-state index contributed by atoms with van der Waals surface area (Å²) in [5.74, 6) is 2.21. The Hall–Kier alpha value is -1.19. The van der Waals surface area contributed by atoms with Crippen LogP contribution >= 0.6 is 0 Å². The van der Waals surface area contributed by atoms with Crippen LogP contribution in [0.15, 0.2) is 0 Å². The van der Waals surface area contributed by atoms with Gasteiger partial charge in [0.25, 0.3) is 0 Å². The van der Waals surface area contributed by atoms with Crippen LogP contribution in [0.1, 0.15) is 152 Å². The number of carboxylic acids is 1. The summed E-state index contributed by atoms with van der Waals surface area (Å²) in [7, 11) is -2.87. The minimum absolute atomic E-state index is 0.125. The zero-order chi connectivity index (χ0) is 39.8. The van der Waals surface area contributed by atoms with Crippen molar-refractivity contribution in [1.29, 1.82) is 0 Å². The van der Waals surface area contributed by atoms with Gasteiger partial charge < -0.3 is 15.2 Å². The van der Waals surface area contributed by atoms with Crippen molar-refractivity contribution in [3.63, 3.8) is 0 Å². The fraction of sp³-hybridized carbons (Fsp3) is 0.957. The van der Waals surface area contributed by atoms with Gasteiger partial charge in [-0.15, -0.1) is 0 Å². The summed E-state index contributed by atoms with van der Waals surface area (Å²) in [6, 6.07) is 0.396. The highest BCUT2D eigenvalue weighted by Gasteiger charge is 2.72. The number of esters is 1. The minimum atomic E-state index is -2.87. The maximum absolute atomic E-state index is 13.7. The molecule has 312 valence electrons. The van der Waals surface area contributed by atoms with Gasteiger partial charge in [0.05, 0.1) is 23.3 Å². The molecule has 7 saturated carbocycles.